The van der Waals surface area contributed by atoms with Gasteiger partial charge in [0.25, 0.3) is 0 Å². The van der Waals surface area contributed by atoms with Gasteiger partial charge in [-0.1, -0.05) is 12.2 Å². The van der Waals surface area contributed by atoms with E-state index < -0.39 is 0 Å². The highest BCUT2D eigenvalue weighted by Gasteiger charge is 2.54. The summed E-state index contributed by atoms with van der Waals surface area (Å²) in [6.07, 6.45) is 7.95. The van der Waals surface area contributed by atoms with Gasteiger partial charge in [-0.2, -0.15) is 0 Å². The van der Waals surface area contributed by atoms with Crippen LogP contribution in [-0.4, -0.2) is 0 Å². The van der Waals surface area contributed by atoms with Crippen molar-refractivity contribution in [3.05, 3.63) is 12.2 Å². The zero-order valence-electron chi connectivity index (χ0n) is 4.88. The fourth-order valence-electron chi connectivity index (χ4n) is 2.61. The molecular formula is C8H10. The molecule has 0 heteroatoms. The molecule has 0 aliphatic heterocycles. The zero-order chi connectivity index (χ0) is 5.14. The molecule has 0 saturated heterocycles. The lowest BCUT2D eigenvalue weighted by molar-refractivity contribution is 0.574. The summed E-state index contributed by atoms with van der Waals surface area (Å²) in [5.74, 6) is 4.38. The SMILES string of the molecule is C1=C[C@H]2C[C@@H]1[C@H]1C[C@H]12. The van der Waals surface area contributed by atoms with Gasteiger partial charge >= 0.3 is 0 Å². The maximum atomic E-state index is 2.44. The van der Waals surface area contributed by atoms with Crippen molar-refractivity contribution < 1.29 is 0 Å². The molecule has 3 rings (SSSR count). The van der Waals surface area contributed by atoms with Crippen LogP contribution in [0.4, 0.5) is 0 Å². The van der Waals surface area contributed by atoms with E-state index in [-0.39, 0.29) is 0 Å². The molecule has 0 heterocycles. The van der Waals surface area contributed by atoms with Gasteiger partial charge in [-0.15, -0.1) is 0 Å². The van der Waals surface area contributed by atoms with Crippen LogP contribution < -0.4 is 0 Å². The van der Waals surface area contributed by atoms with Gasteiger partial charge in [0.1, 0.15) is 0 Å². The van der Waals surface area contributed by atoms with Crippen LogP contribution in [0.15, 0.2) is 12.2 Å². The highest BCUT2D eigenvalue weighted by atomic mass is 14.6. The maximum Gasteiger partial charge on any atom is -0.0196 e. The molecule has 0 aromatic heterocycles. The Morgan fingerprint density at radius 2 is 1.50 bits per heavy atom. The van der Waals surface area contributed by atoms with E-state index in [9.17, 15) is 0 Å². The molecule has 4 atom stereocenters. The van der Waals surface area contributed by atoms with Gasteiger partial charge in [0.2, 0.25) is 0 Å². The van der Waals surface area contributed by atoms with Crippen molar-refractivity contribution in [2.24, 2.45) is 23.7 Å². The highest BCUT2D eigenvalue weighted by Crippen LogP contribution is 2.62. The summed E-state index contributed by atoms with van der Waals surface area (Å²) in [5, 5.41) is 0. The van der Waals surface area contributed by atoms with Crippen LogP contribution in [0.2, 0.25) is 0 Å². The Labute approximate surface area is 49.6 Å². The van der Waals surface area contributed by atoms with Crippen LogP contribution in [0, 0.1) is 23.7 Å². The molecule has 0 N–H and O–H groups in total. The van der Waals surface area contributed by atoms with E-state index in [1.165, 1.54) is 6.42 Å². The Kier molecular flexibility index (Phi) is 0.415. The molecule has 0 amide bonds. The van der Waals surface area contributed by atoms with Crippen LogP contribution in [0.3, 0.4) is 0 Å². The Morgan fingerprint density at radius 3 is 1.88 bits per heavy atom. The standard InChI is InChI=1S/C8H10/c1-2-6-3-5(1)7-4-8(6)7/h1-2,5-8H,3-4H2/t5-,6+,7-,8+. The molecule has 0 aromatic rings. The number of hydrogen-bond donors (Lipinski definition) is 0. The number of rotatable bonds is 0. The van der Waals surface area contributed by atoms with Crippen molar-refractivity contribution in [3.63, 3.8) is 0 Å². The molecule has 2 fully saturated rings. The first-order valence-corrected chi connectivity index (χ1v) is 3.63. The van der Waals surface area contributed by atoms with Crippen LogP contribution in [0.1, 0.15) is 12.8 Å². The second-order valence-electron chi connectivity index (χ2n) is 3.51. The third kappa shape index (κ3) is 0.249. The number of allylic oxidation sites excluding steroid dienone is 2. The van der Waals surface area contributed by atoms with Crippen LogP contribution in [0.25, 0.3) is 0 Å². The number of hydrogen-bond acceptors (Lipinski definition) is 0. The smallest absolute Gasteiger partial charge is 0.0196 e. The summed E-state index contributed by atoms with van der Waals surface area (Å²) in [5.41, 5.74) is 0. The summed E-state index contributed by atoms with van der Waals surface area (Å²) in [6.45, 7) is 0. The maximum absolute atomic E-state index is 2.44. The molecule has 3 aliphatic rings. The van der Waals surface area contributed by atoms with Crippen molar-refractivity contribution in [1.82, 2.24) is 0 Å². The summed E-state index contributed by atoms with van der Waals surface area (Å²) < 4.78 is 0. The van der Waals surface area contributed by atoms with Crippen molar-refractivity contribution >= 4 is 0 Å². The molecule has 2 saturated carbocycles. The fraction of sp³-hybridized carbons (Fsp3) is 0.750. The predicted octanol–water partition coefficient (Wildman–Crippen LogP) is 1.83. The number of fused-ring (bicyclic) bond motifs is 5. The first-order chi connectivity index (χ1) is 3.95. The molecule has 8 heavy (non-hydrogen) atoms. The van der Waals surface area contributed by atoms with E-state index >= 15 is 0 Å². The third-order valence-electron chi connectivity index (χ3n) is 3.14. The normalized spacial score (nSPS) is 64.0. The molecule has 0 spiro atoms. The van der Waals surface area contributed by atoms with E-state index in [0.717, 1.165) is 23.7 Å². The van der Waals surface area contributed by atoms with Gasteiger partial charge < -0.3 is 0 Å². The molecule has 0 radical (unpaired) electrons. The van der Waals surface area contributed by atoms with Crippen LogP contribution in [0.5, 0.6) is 0 Å². The molecule has 3 aliphatic carbocycles. The van der Waals surface area contributed by atoms with Gasteiger partial charge in [0.15, 0.2) is 0 Å². The summed E-state index contributed by atoms with van der Waals surface area (Å²) in [4.78, 5) is 0. The predicted molar refractivity (Wildman–Crippen MR) is 32.3 cm³/mol. The Morgan fingerprint density at radius 1 is 0.875 bits per heavy atom. The van der Waals surface area contributed by atoms with Crippen molar-refractivity contribution in [2.45, 2.75) is 12.8 Å². The average Bonchev–Trinajstić information content (AvgIpc) is 2.39. The van der Waals surface area contributed by atoms with Crippen molar-refractivity contribution in [2.75, 3.05) is 0 Å². The monoisotopic (exact) mass is 106 g/mol. The first kappa shape index (κ1) is 3.71. The fourth-order valence-corrected chi connectivity index (χ4v) is 2.61. The van der Waals surface area contributed by atoms with Crippen molar-refractivity contribution in [3.8, 4) is 0 Å². The Balaban J connectivity index is 2.12. The summed E-state index contributed by atoms with van der Waals surface area (Å²) >= 11 is 0. The Hall–Kier alpha value is -0.260. The van der Waals surface area contributed by atoms with Crippen LogP contribution >= 0.6 is 0 Å². The zero-order valence-corrected chi connectivity index (χ0v) is 4.88. The minimum atomic E-state index is 1.03. The summed E-state index contributed by atoms with van der Waals surface area (Å²) in [6, 6.07) is 0. The largest absolute Gasteiger partial charge is 0.0848 e. The highest BCUT2D eigenvalue weighted by molar-refractivity contribution is 5.20. The molecule has 42 valence electrons. The molecule has 0 nitrogen and oxygen atoms in total. The van der Waals surface area contributed by atoms with Gasteiger partial charge in [0, 0.05) is 0 Å². The molecule has 2 bridgehead atoms. The Bertz CT molecular complexity index is 141. The van der Waals surface area contributed by atoms with E-state index in [1.807, 2.05) is 0 Å². The van der Waals surface area contributed by atoms with Gasteiger partial charge in [0.05, 0.1) is 0 Å². The van der Waals surface area contributed by atoms with Gasteiger partial charge in [-0.05, 0) is 36.5 Å². The molecule has 0 unspecified atom stereocenters. The average molecular weight is 106 g/mol. The lowest BCUT2D eigenvalue weighted by Crippen LogP contribution is -1.88. The first-order valence-electron chi connectivity index (χ1n) is 3.63. The second kappa shape index (κ2) is 0.896. The minimum Gasteiger partial charge on any atom is -0.0848 e. The quantitative estimate of drug-likeness (QED) is 0.413. The van der Waals surface area contributed by atoms with Crippen LogP contribution in [-0.2, 0) is 0 Å². The minimum absolute atomic E-state index is 1.03. The lowest BCUT2D eigenvalue weighted by Gasteiger charge is -1.97. The van der Waals surface area contributed by atoms with E-state index in [2.05, 4.69) is 12.2 Å². The van der Waals surface area contributed by atoms with Crippen molar-refractivity contribution in [1.29, 1.82) is 0 Å². The van der Waals surface area contributed by atoms with Gasteiger partial charge in [-0.3, -0.25) is 0 Å². The van der Waals surface area contributed by atoms with E-state index in [1.54, 1.807) is 6.42 Å². The topological polar surface area (TPSA) is 0 Å². The lowest BCUT2D eigenvalue weighted by atomic mass is 10.1. The molecule has 0 aromatic carbocycles. The summed E-state index contributed by atoms with van der Waals surface area (Å²) in [7, 11) is 0. The second-order valence-corrected chi connectivity index (χ2v) is 3.51. The van der Waals surface area contributed by atoms with E-state index in [4.69, 9.17) is 0 Å². The molecular weight excluding hydrogens is 96.1 g/mol. The third-order valence-corrected chi connectivity index (χ3v) is 3.14. The van der Waals surface area contributed by atoms with Gasteiger partial charge in [-0.25, -0.2) is 0 Å². The van der Waals surface area contributed by atoms with E-state index in [0.29, 0.717) is 0 Å².